The van der Waals surface area contributed by atoms with Crippen LogP contribution in [0.4, 0.5) is 4.79 Å². The molecule has 3 aromatic rings. The minimum Gasteiger partial charge on any atom is -0.341 e. The summed E-state index contributed by atoms with van der Waals surface area (Å²) in [6.07, 6.45) is 5.74. The van der Waals surface area contributed by atoms with Crippen LogP contribution in [0.5, 0.6) is 0 Å². The zero-order valence-electron chi connectivity index (χ0n) is 19.7. The van der Waals surface area contributed by atoms with Gasteiger partial charge in [0.2, 0.25) is 5.91 Å². The molecule has 0 aliphatic carbocycles. The highest BCUT2D eigenvalue weighted by Gasteiger charge is 2.35. The number of fused-ring (bicyclic) bond motifs is 1. The second-order valence-electron chi connectivity index (χ2n) is 9.33. The Bertz CT molecular complexity index is 1370. The fourth-order valence-corrected chi connectivity index (χ4v) is 6.05. The highest BCUT2D eigenvalue weighted by molar-refractivity contribution is 9.10. The molecule has 186 valence electrons. The molecule has 0 bridgehead atoms. The molecule has 3 heterocycles. The van der Waals surface area contributed by atoms with Crippen molar-refractivity contribution in [3.8, 4) is 0 Å². The van der Waals surface area contributed by atoms with E-state index in [4.69, 9.17) is 0 Å². The Morgan fingerprint density at radius 2 is 1.75 bits per heavy atom. The van der Waals surface area contributed by atoms with E-state index in [-0.39, 0.29) is 30.1 Å². The summed E-state index contributed by atoms with van der Waals surface area (Å²) in [6.45, 7) is 4.29. The smallest absolute Gasteiger partial charge is 0.293 e. The third kappa shape index (κ3) is 5.33. The van der Waals surface area contributed by atoms with Gasteiger partial charge in [0.15, 0.2) is 0 Å². The van der Waals surface area contributed by atoms with Crippen molar-refractivity contribution < 1.29 is 14.4 Å². The normalized spacial score (nSPS) is 18.1. The van der Waals surface area contributed by atoms with Crippen LogP contribution in [-0.2, 0) is 22.7 Å². The monoisotopic (exact) mass is 629 g/mol. The van der Waals surface area contributed by atoms with Crippen LogP contribution in [0.3, 0.4) is 0 Å². The van der Waals surface area contributed by atoms with Gasteiger partial charge in [-0.05, 0) is 72.5 Å². The third-order valence-electron chi connectivity index (χ3n) is 6.73. The number of amides is 3. The number of hydrogen-bond acceptors (Lipinski definition) is 4. The lowest BCUT2D eigenvalue weighted by Gasteiger charge is -2.30. The molecule has 0 spiro atoms. The number of nitrogens with zero attached hydrogens (tertiary/aromatic N) is 3. The fraction of sp³-hybridized carbons (Fsp3) is 0.296. The van der Waals surface area contributed by atoms with Gasteiger partial charge in [0, 0.05) is 44.7 Å². The second kappa shape index (κ2) is 10.6. The van der Waals surface area contributed by atoms with Crippen LogP contribution in [0.1, 0.15) is 30.9 Å². The lowest BCUT2D eigenvalue weighted by Crippen LogP contribution is -2.39. The molecule has 0 atom stereocenters. The summed E-state index contributed by atoms with van der Waals surface area (Å²) < 4.78 is 3.79. The highest BCUT2D eigenvalue weighted by Crippen LogP contribution is 2.35. The average molecular weight is 631 g/mol. The molecule has 2 saturated heterocycles. The topological polar surface area (TPSA) is 62.6 Å². The molecule has 5 rings (SSSR count). The minimum atomic E-state index is -0.303. The van der Waals surface area contributed by atoms with E-state index in [1.54, 1.807) is 6.08 Å². The molecular formula is C27H25Br2N3O3S. The lowest BCUT2D eigenvalue weighted by atomic mass is 9.99. The van der Waals surface area contributed by atoms with Crippen LogP contribution in [0.2, 0.25) is 0 Å². The largest absolute Gasteiger partial charge is 0.341 e. The molecular weight excluding hydrogens is 606 g/mol. The summed E-state index contributed by atoms with van der Waals surface area (Å²) in [5.41, 5.74) is 2.60. The van der Waals surface area contributed by atoms with E-state index in [1.165, 1.54) is 4.90 Å². The van der Waals surface area contributed by atoms with Crippen LogP contribution in [-0.4, -0.2) is 44.5 Å². The van der Waals surface area contributed by atoms with Gasteiger partial charge in [-0.2, -0.15) is 0 Å². The number of aromatic nitrogens is 1. The first-order valence-corrected chi connectivity index (χ1v) is 14.2. The number of imide groups is 1. The Labute approximate surface area is 230 Å². The first kappa shape index (κ1) is 25.3. The van der Waals surface area contributed by atoms with Crippen LogP contribution in [0, 0.1) is 5.92 Å². The van der Waals surface area contributed by atoms with Crippen molar-refractivity contribution in [2.24, 2.45) is 5.92 Å². The summed E-state index contributed by atoms with van der Waals surface area (Å²) >= 11 is 7.89. The summed E-state index contributed by atoms with van der Waals surface area (Å²) in [5.74, 6) is 0.454. The van der Waals surface area contributed by atoms with Crippen molar-refractivity contribution in [2.75, 3.05) is 13.1 Å². The number of benzene rings is 2. The number of likely N-dealkylation sites (tertiary alicyclic amines) is 1. The Morgan fingerprint density at radius 3 is 2.47 bits per heavy atom. The molecule has 2 aromatic carbocycles. The third-order valence-corrected chi connectivity index (χ3v) is 8.66. The van der Waals surface area contributed by atoms with Crippen molar-refractivity contribution in [1.82, 2.24) is 14.4 Å². The fourth-order valence-electron chi connectivity index (χ4n) is 4.60. The van der Waals surface area contributed by atoms with E-state index in [0.717, 1.165) is 68.7 Å². The van der Waals surface area contributed by atoms with Crippen LogP contribution >= 0.6 is 43.6 Å². The Morgan fingerprint density at radius 1 is 1.06 bits per heavy atom. The Kier molecular flexibility index (Phi) is 7.42. The lowest BCUT2D eigenvalue weighted by molar-refractivity contribution is -0.133. The summed E-state index contributed by atoms with van der Waals surface area (Å²) in [7, 11) is 0. The maximum Gasteiger partial charge on any atom is 0.293 e. The average Bonchev–Trinajstić information content (AvgIpc) is 3.31. The van der Waals surface area contributed by atoms with Crippen molar-refractivity contribution in [3.63, 3.8) is 0 Å². The van der Waals surface area contributed by atoms with Crippen LogP contribution in [0.25, 0.3) is 17.0 Å². The summed E-state index contributed by atoms with van der Waals surface area (Å²) in [4.78, 5) is 42.5. The van der Waals surface area contributed by atoms with Gasteiger partial charge in [-0.25, -0.2) is 0 Å². The number of halogens is 2. The van der Waals surface area contributed by atoms with E-state index >= 15 is 0 Å². The van der Waals surface area contributed by atoms with Crippen LogP contribution in [0.15, 0.2) is 62.5 Å². The number of piperidine rings is 1. The van der Waals surface area contributed by atoms with Gasteiger partial charge < -0.3 is 9.47 Å². The zero-order valence-corrected chi connectivity index (χ0v) is 23.7. The Balaban J connectivity index is 1.41. The van der Waals surface area contributed by atoms with E-state index in [9.17, 15) is 14.4 Å². The van der Waals surface area contributed by atoms with Gasteiger partial charge in [0.05, 0.1) is 11.4 Å². The molecule has 0 unspecified atom stereocenters. The van der Waals surface area contributed by atoms with Gasteiger partial charge in [-0.15, -0.1) is 0 Å². The minimum absolute atomic E-state index is 0.100. The number of carbonyl (C=O) groups excluding carboxylic acids is 3. The van der Waals surface area contributed by atoms with Crippen LogP contribution < -0.4 is 0 Å². The molecule has 2 fully saturated rings. The number of rotatable bonds is 5. The predicted octanol–water partition coefficient (Wildman–Crippen LogP) is 6.66. The molecule has 3 amide bonds. The maximum absolute atomic E-state index is 13.1. The molecule has 36 heavy (non-hydrogen) atoms. The zero-order chi connectivity index (χ0) is 25.4. The van der Waals surface area contributed by atoms with Crippen molar-refractivity contribution in [2.45, 2.75) is 32.9 Å². The van der Waals surface area contributed by atoms with Crippen molar-refractivity contribution >= 4 is 77.7 Å². The molecule has 6 nitrogen and oxygen atoms in total. The highest BCUT2D eigenvalue weighted by atomic mass is 79.9. The molecule has 2 aliphatic heterocycles. The van der Waals surface area contributed by atoms with E-state index in [2.05, 4.69) is 38.8 Å². The number of thioether (sulfide) groups is 1. The van der Waals surface area contributed by atoms with E-state index < -0.39 is 0 Å². The number of hydrogen-bond donors (Lipinski definition) is 0. The first-order valence-electron chi connectivity index (χ1n) is 11.8. The number of carbonyl (C=O) groups is 3. The van der Waals surface area contributed by atoms with Gasteiger partial charge in [-0.3, -0.25) is 19.3 Å². The second-order valence-corrected chi connectivity index (χ2v) is 12.2. The molecule has 0 saturated carbocycles. The molecule has 0 radical (unpaired) electrons. The summed E-state index contributed by atoms with van der Waals surface area (Å²) in [5, 5.41) is 0.637. The standard InChI is InChI=1S/C27H25Br2N3O3S/c1-17-8-10-30(11-9-17)25(33)16-31-15-19(22-13-21(29)6-7-23(22)31)12-24-26(34)32(27(35)36-24)14-18-2-4-20(28)5-3-18/h2-7,12-13,15,17H,8-11,14,16H2,1H3/b24-12-. The van der Waals surface area contributed by atoms with Crippen molar-refractivity contribution in [3.05, 3.63) is 73.6 Å². The molecule has 9 heteroatoms. The van der Waals surface area contributed by atoms with E-state index in [1.807, 2.05) is 58.1 Å². The quantitative estimate of drug-likeness (QED) is 0.296. The summed E-state index contributed by atoms with van der Waals surface area (Å²) in [6, 6.07) is 13.5. The molecule has 0 N–H and O–H groups in total. The molecule has 1 aromatic heterocycles. The molecule has 2 aliphatic rings. The first-order chi connectivity index (χ1) is 17.3. The predicted molar refractivity (Wildman–Crippen MR) is 150 cm³/mol. The van der Waals surface area contributed by atoms with Crippen molar-refractivity contribution in [1.29, 1.82) is 0 Å². The maximum atomic E-state index is 13.1. The van der Waals surface area contributed by atoms with Gasteiger partial charge >= 0.3 is 0 Å². The van der Waals surface area contributed by atoms with Gasteiger partial charge in [0.1, 0.15) is 6.54 Å². The SMILES string of the molecule is CC1CCN(C(=O)Cn2cc(/C=C3\SC(=O)N(Cc4ccc(Br)cc4)C3=O)c3cc(Br)ccc32)CC1. The Hall–Kier alpha value is -2.36. The van der Waals surface area contributed by atoms with Gasteiger partial charge in [-0.1, -0.05) is 50.9 Å². The van der Waals surface area contributed by atoms with E-state index in [0.29, 0.717) is 10.8 Å². The van der Waals surface area contributed by atoms with Gasteiger partial charge in [0.25, 0.3) is 11.1 Å².